The van der Waals surface area contributed by atoms with E-state index in [1.165, 1.54) is 6.92 Å². The van der Waals surface area contributed by atoms with Gasteiger partial charge in [0.05, 0.1) is 0 Å². The van der Waals surface area contributed by atoms with E-state index >= 15 is 0 Å². The topological polar surface area (TPSA) is 29.1 Å². The van der Waals surface area contributed by atoms with Crippen molar-refractivity contribution in [3.05, 3.63) is 12.3 Å². The molecule has 0 spiro atoms. The standard InChI is InChI=1S/C8H13F2NO/c1-6(2)11-7(12)8(3,4-9)5-10/h1,4-5H2,2-3H3,(H,11,12). The summed E-state index contributed by atoms with van der Waals surface area (Å²) >= 11 is 0. The molecule has 0 aliphatic carbocycles. The lowest BCUT2D eigenvalue weighted by molar-refractivity contribution is -0.131. The maximum atomic E-state index is 12.2. The van der Waals surface area contributed by atoms with Crippen LogP contribution in [-0.2, 0) is 4.79 Å². The third kappa shape index (κ3) is 2.60. The highest BCUT2D eigenvalue weighted by Gasteiger charge is 2.33. The molecule has 0 bridgehead atoms. The van der Waals surface area contributed by atoms with E-state index in [4.69, 9.17) is 0 Å². The van der Waals surface area contributed by atoms with Gasteiger partial charge in [-0.05, 0) is 13.8 Å². The highest BCUT2D eigenvalue weighted by atomic mass is 19.1. The number of amides is 1. The van der Waals surface area contributed by atoms with Gasteiger partial charge in [0.25, 0.3) is 0 Å². The van der Waals surface area contributed by atoms with E-state index in [0.29, 0.717) is 5.70 Å². The molecule has 70 valence electrons. The summed E-state index contributed by atoms with van der Waals surface area (Å²) in [7, 11) is 0. The van der Waals surface area contributed by atoms with E-state index in [9.17, 15) is 13.6 Å². The molecule has 1 N–H and O–H groups in total. The number of carbonyl (C=O) groups excluding carboxylic acids is 1. The van der Waals surface area contributed by atoms with E-state index in [1.54, 1.807) is 6.92 Å². The molecule has 0 saturated heterocycles. The van der Waals surface area contributed by atoms with Crippen molar-refractivity contribution in [2.75, 3.05) is 13.3 Å². The molecule has 1 amide bonds. The van der Waals surface area contributed by atoms with Gasteiger partial charge >= 0.3 is 0 Å². The summed E-state index contributed by atoms with van der Waals surface area (Å²) < 4.78 is 24.4. The van der Waals surface area contributed by atoms with Crippen LogP contribution in [0.4, 0.5) is 8.78 Å². The molecule has 0 rings (SSSR count). The van der Waals surface area contributed by atoms with Crippen LogP contribution in [-0.4, -0.2) is 19.3 Å². The number of nitrogens with one attached hydrogen (secondary N) is 1. The first kappa shape index (κ1) is 11.1. The van der Waals surface area contributed by atoms with E-state index in [0.717, 1.165) is 0 Å². The molecule has 0 aliphatic rings. The monoisotopic (exact) mass is 177 g/mol. The predicted molar refractivity (Wildman–Crippen MR) is 43.0 cm³/mol. The van der Waals surface area contributed by atoms with Crippen LogP contribution in [0.1, 0.15) is 13.8 Å². The Bertz CT molecular complexity index is 187. The molecule has 0 heterocycles. The second-order valence-electron chi connectivity index (χ2n) is 3.06. The van der Waals surface area contributed by atoms with Gasteiger partial charge in [0.2, 0.25) is 5.91 Å². The minimum Gasteiger partial charge on any atom is -0.330 e. The quantitative estimate of drug-likeness (QED) is 0.694. The second-order valence-corrected chi connectivity index (χ2v) is 3.06. The number of hydrogen-bond donors (Lipinski definition) is 1. The lowest BCUT2D eigenvalue weighted by Crippen LogP contribution is -2.41. The van der Waals surface area contributed by atoms with Crippen molar-refractivity contribution in [3.8, 4) is 0 Å². The van der Waals surface area contributed by atoms with Gasteiger partial charge in [-0.2, -0.15) is 0 Å². The Morgan fingerprint density at radius 2 is 1.92 bits per heavy atom. The van der Waals surface area contributed by atoms with Crippen LogP contribution in [0, 0.1) is 5.41 Å². The second kappa shape index (κ2) is 4.18. The number of carbonyl (C=O) groups is 1. The van der Waals surface area contributed by atoms with E-state index in [1.807, 2.05) is 0 Å². The molecule has 2 nitrogen and oxygen atoms in total. The molecule has 0 aromatic heterocycles. The summed E-state index contributed by atoms with van der Waals surface area (Å²) in [5, 5.41) is 2.27. The summed E-state index contributed by atoms with van der Waals surface area (Å²) in [5.74, 6) is -0.667. The van der Waals surface area contributed by atoms with Gasteiger partial charge < -0.3 is 5.32 Å². The molecule has 0 fully saturated rings. The largest absolute Gasteiger partial charge is 0.330 e. The lowest BCUT2D eigenvalue weighted by atomic mass is 9.93. The Kier molecular flexibility index (Phi) is 3.86. The van der Waals surface area contributed by atoms with E-state index in [2.05, 4.69) is 11.9 Å². The third-order valence-corrected chi connectivity index (χ3v) is 1.46. The molecule has 4 heteroatoms. The Morgan fingerprint density at radius 3 is 2.17 bits per heavy atom. The zero-order valence-corrected chi connectivity index (χ0v) is 7.29. The van der Waals surface area contributed by atoms with Crippen molar-refractivity contribution in [3.63, 3.8) is 0 Å². The summed E-state index contributed by atoms with van der Waals surface area (Å²) in [6.07, 6.45) is 0. The van der Waals surface area contributed by atoms with Gasteiger partial charge in [-0.3, -0.25) is 4.79 Å². The maximum absolute atomic E-state index is 12.2. The summed E-state index contributed by atoms with van der Waals surface area (Å²) in [6.45, 7) is 4.16. The first-order valence-electron chi connectivity index (χ1n) is 3.55. The highest BCUT2D eigenvalue weighted by Crippen LogP contribution is 2.18. The van der Waals surface area contributed by atoms with Crippen molar-refractivity contribution in [1.29, 1.82) is 0 Å². The number of alkyl halides is 2. The molecule has 0 saturated carbocycles. The lowest BCUT2D eigenvalue weighted by Gasteiger charge is -2.20. The molecule has 0 unspecified atom stereocenters. The molecule has 0 aliphatic heterocycles. The number of rotatable bonds is 4. The summed E-state index contributed by atoms with van der Waals surface area (Å²) in [5.41, 5.74) is -1.19. The molecular weight excluding hydrogens is 164 g/mol. The number of halogens is 2. The van der Waals surface area contributed by atoms with Crippen molar-refractivity contribution >= 4 is 5.91 Å². The van der Waals surface area contributed by atoms with Gasteiger partial charge in [0.15, 0.2) is 0 Å². The Hall–Kier alpha value is -0.930. The highest BCUT2D eigenvalue weighted by molar-refractivity contribution is 5.83. The van der Waals surface area contributed by atoms with Crippen molar-refractivity contribution < 1.29 is 13.6 Å². The first-order chi connectivity index (χ1) is 5.46. The van der Waals surface area contributed by atoms with Crippen LogP contribution in [0.2, 0.25) is 0 Å². The Morgan fingerprint density at radius 1 is 1.50 bits per heavy atom. The smallest absolute Gasteiger partial charge is 0.235 e. The maximum Gasteiger partial charge on any atom is 0.235 e. The summed E-state index contributed by atoms with van der Waals surface area (Å²) in [4.78, 5) is 11.1. The third-order valence-electron chi connectivity index (χ3n) is 1.46. The van der Waals surface area contributed by atoms with Crippen molar-refractivity contribution in [1.82, 2.24) is 5.32 Å². The Balaban J connectivity index is 4.32. The average Bonchev–Trinajstić information content (AvgIpc) is 2.02. The predicted octanol–water partition coefficient (Wildman–Crippen LogP) is 1.58. The van der Waals surface area contributed by atoms with Crippen molar-refractivity contribution in [2.45, 2.75) is 13.8 Å². The minimum absolute atomic E-state index is 0.383. The normalized spacial score (nSPS) is 11.0. The molecule has 0 aromatic rings. The fourth-order valence-electron chi connectivity index (χ4n) is 0.502. The Labute approximate surface area is 70.6 Å². The van der Waals surface area contributed by atoms with E-state index in [-0.39, 0.29) is 0 Å². The van der Waals surface area contributed by atoms with Crippen LogP contribution in [0.15, 0.2) is 12.3 Å². The van der Waals surface area contributed by atoms with Gasteiger partial charge in [-0.1, -0.05) is 6.58 Å². The van der Waals surface area contributed by atoms with Crippen LogP contribution in [0.3, 0.4) is 0 Å². The SMILES string of the molecule is C=C(C)NC(=O)C(C)(CF)CF. The molecule has 0 radical (unpaired) electrons. The number of hydrogen-bond acceptors (Lipinski definition) is 1. The summed E-state index contributed by atoms with van der Waals surface area (Å²) in [6, 6.07) is 0. The fraction of sp³-hybridized carbons (Fsp3) is 0.625. The average molecular weight is 177 g/mol. The molecule has 0 aromatic carbocycles. The molecule has 12 heavy (non-hydrogen) atoms. The first-order valence-corrected chi connectivity index (χ1v) is 3.55. The van der Waals surface area contributed by atoms with Crippen LogP contribution < -0.4 is 5.32 Å². The van der Waals surface area contributed by atoms with Crippen LogP contribution in [0.25, 0.3) is 0 Å². The number of allylic oxidation sites excluding steroid dienone is 1. The van der Waals surface area contributed by atoms with Gasteiger partial charge in [0.1, 0.15) is 18.8 Å². The van der Waals surface area contributed by atoms with E-state index < -0.39 is 24.7 Å². The van der Waals surface area contributed by atoms with Gasteiger partial charge in [-0.15, -0.1) is 0 Å². The zero-order chi connectivity index (χ0) is 9.78. The van der Waals surface area contributed by atoms with Gasteiger partial charge in [0, 0.05) is 5.70 Å². The zero-order valence-electron chi connectivity index (χ0n) is 7.29. The minimum atomic E-state index is -1.57. The van der Waals surface area contributed by atoms with Gasteiger partial charge in [-0.25, -0.2) is 8.78 Å². The van der Waals surface area contributed by atoms with Crippen molar-refractivity contribution in [2.24, 2.45) is 5.41 Å². The molecular formula is C8H13F2NO. The fourth-order valence-corrected chi connectivity index (χ4v) is 0.502. The van der Waals surface area contributed by atoms with Crippen LogP contribution >= 0.6 is 0 Å². The van der Waals surface area contributed by atoms with Crippen LogP contribution in [0.5, 0.6) is 0 Å². The molecule has 0 atom stereocenters.